The fourth-order valence-corrected chi connectivity index (χ4v) is 2.64. The molecule has 0 aliphatic heterocycles. The molecule has 106 valence electrons. The van der Waals surface area contributed by atoms with Gasteiger partial charge in [-0.05, 0) is 37.1 Å². The molecular formula is C15H24N2O2. The van der Waals surface area contributed by atoms with Crippen LogP contribution in [0.25, 0.3) is 0 Å². The SMILES string of the molecule is COCCN(C)CCNC1CCc2c(O)cccc21. The average molecular weight is 264 g/mol. The van der Waals surface area contributed by atoms with Crippen molar-refractivity contribution in [2.24, 2.45) is 0 Å². The Kier molecular flexibility index (Phi) is 5.19. The summed E-state index contributed by atoms with van der Waals surface area (Å²) >= 11 is 0. The number of phenolic OH excluding ortho intramolecular Hbond substituents is 1. The molecule has 1 atom stereocenters. The number of ether oxygens (including phenoxy) is 1. The third kappa shape index (κ3) is 3.69. The normalized spacial score (nSPS) is 17.9. The predicted molar refractivity (Wildman–Crippen MR) is 76.5 cm³/mol. The van der Waals surface area contributed by atoms with Gasteiger partial charge in [0.15, 0.2) is 0 Å². The molecule has 0 saturated heterocycles. The number of benzene rings is 1. The fraction of sp³-hybridized carbons (Fsp3) is 0.600. The Morgan fingerprint density at radius 2 is 2.26 bits per heavy atom. The summed E-state index contributed by atoms with van der Waals surface area (Å²) < 4.78 is 5.06. The van der Waals surface area contributed by atoms with Crippen LogP contribution in [0.5, 0.6) is 5.75 Å². The maximum Gasteiger partial charge on any atom is 0.119 e. The summed E-state index contributed by atoms with van der Waals surface area (Å²) in [6.07, 6.45) is 2.05. The third-order valence-corrected chi connectivity index (χ3v) is 3.81. The third-order valence-electron chi connectivity index (χ3n) is 3.81. The summed E-state index contributed by atoms with van der Waals surface area (Å²) in [5, 5.41) is 13.4. The standard InChI is InChI=1S/C15H24N2O2/c1-17(10-11-19-2)9-8-16-14-7-6-13-12(14)4-3-5-15(13)18/h3-5,14,16,18H,6-11H2,1-2H3. The lowest BCUT2D eigenvalue weighted by Gasteiger charge is -2.19. The minimum atomic E-state index is 0.387. The first kappa shape index (κ1) is 14.3. The minimum absolute atomic E-state index is 0.387. The van der Waals surface area contributed by atoms with Gasteiger partial charge in [-0.1, -0.05) is 12.1 Å². The number of phenols is 1. The molecule has 19 heavy (non-hydrogen) atoms. The molecular weight excluding hydrogens is 240 g/mol. The van der Waals surface area contributed by atoms with Crippen molar-refractivity contribution in [1.82, 2.24) is 10.2 Å². The second-order valence-corrected chi connectivity index (χ2v) is 5.19. The molecule has 0 bridgehead atoms. The Hall–Kier alpha value is -1.10. The minimum Gasteiger partial charge on any atom is -0.508 e. The molecule has 0 heterocycles. The first-order chi connectivity index (χ1) is 9.22. The number of aromatic hydroxyl groups is 1. The first-order valence-electron chi connectivity index (χ1n) is 6.94. The van der Waals surface area contributed by atoms with Crippen molar-refractivity contribution in [1.29, 1.82) is 0 Å². The highest BCUT2D eigenvalue weighted by Crippen LogP contribution is 2.35. The van der Waals surface area contributed by atoms with E-state index in [4.69, 9.17) is 4.74 Å². The van der Waals surface area contributed by atoms with Crippen molar-refractivity contribution in [3.05, 3.63) is 29.3 Å². The molecule has 0 fully saturated rings. The summed E-state index contributed by atoms with van der Waals surface area (Å²) in [4.78, 5) is 2.26. The van der Waals surface area contributed by atoms with Gasteiger partial charge in [0.1, 0.15) is 5.75 Å². The molecule has 1 aromatic carbocycles. The van der Waals surface area contributed by atoms with Crippen molar-refractivity contribution in [2.75, 3.05) is 40.4 Å². The van der Waals surface area contributed by atoms with E-state index in [0.717, 1.165) is 44.6 Å². The average Bonchev–Trinajstić information content (AvgIpc) is 2.81. The summed E-state index contributed by atoms with van der Waals surface area (Å²) in [6, 6.07) is 6.21. The van der Waals surface area contributed by atoms with Crippen molar-refractivity contribution in [3.63, 3.8) is 0 Å². The van der Waals surface area contributed by atoms with Crippen LogP contribution < -0.4 is 5.32 Å². The van der Waals surface area contributed by atoms with Crippen LogP contribution in [0, 0.1) is 0 Å². The summed E-state index contributed by atoms with van der Waals surface area (Å²) in [5.74, 6) is 0.444. The van der Waals surface area contributed by atoms with Crippen molar-refractivity contribution in [3.8, 4) is 5.75 Å². The van der Waals surface area contributed by atoms with Crippen molar-refractivity contribution >= 4 is 0 Å². The van der Waals surface area contributed by atoms with Gasteiger partial charge in [0.05, 0.1) is 6.61 Å². The molecule has 4 nitrogen and oxygen atoms in total. The van der Waals surface area contributed by atoms with E-state index in [9.17, 15) is 5.11 Å². The van der Waals surface area contributed by atoms with Gasteiger partial charge in [-0.2, -0.15) is 0 Å². The number of hydrogen-bond acceptors (Lipinski definition) is 4. The number of fused-ring (bicyclic) bond motifs is 1. The van der Waals surface area contributed by atoms with E-state index in [1.54, 1.807) is 13.2 Å². The van der Waals surface area contributed by atoms with Crippen LogP contribution in [0.2, 0.25) is 0 Å². The zero-order valence-electron chi connectivity index (χ0n) is 11.9. The van der Waals surface area contributed by atoms with E-state index in [0.29, 0.717) is 11.8 Å². The summed E-state index contributed by atoms with van der Waals surface area (Å²) in [5.41, 5.74) is 2.38. The molecule has 1 unspecified atom stereocenters. The fourth-order valence-electron chi connectivity index (χ4n) is 2.64. The molecule has 2 N–H and O–H groups in total. The van der Waals surface area contributed by atoms with E-state index in [1.165, 1.54) is 5.56 Å². The van der Waals surface area contributed by atoms with E-state index in [2.05, 4.69) is 23.3 Å². The maximum absolute atomic E-state index is 9.81. The Morgan fingerprint density at radius 3 is 3.05 bits per heavy atom. The number of nitrogens with zero attached hydrogens (tertiary/aromatic N) is 1. The largest absolute Gasteiger partial charge is 0.508 e. The molecule has 0 aromatic heterocycles. The zero-order chi connectivity index (χ0) is 13.7. The highest BCUT2D eigenvalue weighted by Gasteiger charge is 2.23. The monoisotopic (exact) mass is 264 g/mol. The number of likely N-dealkylation sites (N-methyl/N-ethyl adjacent to an activating group) is 1. The van der Waals surface area contributed by atoms with Gasteiger partial charge < -0.3 is 20.1 Å². The van der Waals surface area contributed by atoms with E-state index in [1.807, 2.05) is 6.07 Å². The van der Waals surface area contributed by atoms with Crippen LogP contribution in [-0.2, 0) is 11.2 Å². The summed E-state index contributed by atoms with van der Waals surface area (Å²) in [6.45, 7) is 3.70. The Balaban J connectivity index is 1.79. The Morgan fingerprint density at radius 1 is 1.42 bits per heavy atom. The van der Waals surface area contributed by atoms with E-state index >= 15 is 0 Å². The maximum atomic E-state index is 9.81. The second kappa shape index (κ2) is 6.89. The van der Waals surface area contributed by atoms with Gasteiger partial charge in [0, 0.05) is 32.8 Å². The number of rotatable bonds is 7. The van der Waals surface area contributed by atoms with Crippen LogP contribution in [0.4, 0.5) is 0 Å². The van der Waals surface area contributed by atoms with E-state index in [-0.39, 0.29) is 0 Å². The van der Waals surface area contributed by atoms with Gasteiger partial charge in [-0.15, -0.1) is 0 Å². The number of methoxy groups -OCH3 is 1. The number of nitrogens with one attached hydrogen (secondary N) is 1. The molecule has 4 heteroatoms. The number of hydrogen-bond donors (Lipinski definition) is 2. The lowest BCUT2D eigenvalue weighted by molar-refractivity contribution is 0.161. The molecule has 0 saturated carbocycles. The quantitative estimate of drug-likeness (QED) is 0.784. The lowest BCUT2D eigenvalue weighted by Crippen LogP contribution is -2.32. The topological polar surface area (TPSA) is 44.7 Å². The van der Waals surface area contributed by atoms with Crippen LogP contribution in [0.1, 0.15) is 23.6 Å². The van der Waals surface area contributed by atoms with E-state index < -0.39 is 0 Å². The van der Waals surface area contributed by atoms with Crippen LogP contribution >= 0.6 is 0 Å². The molecule has 1 aliphatic rings. The Labute approximate surface area is 115 Å². The smallest absolute Gasteiger partial charge is 0.119 e. The van der Waals surface area contributed by atoms with Crippen molar-refractivity contribution in [2.45, 2.75) is 18.9 Å². The highest BCUT2D eigenvalue weighted by atomic mass is 16.5. The van der Waals surface area contributed by atoms with Crippen molar-refractivity contribution < 1.29 is 9.84 Å². The van der Waals surface area contributed by atoms with Crippen LogP contribution in [0.15, 0.2) is 18.2 Å². The van der Waals surface area contributed by atoms with Gasteiger partial charge in [0.25, 0.3) is 0 Å². The Bertz CT molecular complexity index is 409. The second-order valence-electron chi connectivity index (χ2n) is 5.19. The van der Waals surface area contributed by atoms with Gasteiger partial charge in [0.2, 0.25) is 0 Å². The molecule has 0 radical (unpaired) electrons. The van der Waals surface area contributed by atoms with Gasteiger partial charge in [-0.3, -0.25) is 0 Å². The van der Waals surface area contributed by atoms with Crippen LogP contribution in [0.3, 0.4) is 0 Å². The summed E-state index contributed by atoms with van der Waals surface area (Å²) in [7, 11) is 3.84. The lowest BCUT2D eigenvalue weighted by atomic mass is 10.1. The molecule has 0 spiro atoms. The first-order valence-corrected chi connectivity index (χ1v) is 6.94. The molecule has 1 aromatic rings. The zero-order valence-corrected chi connectivity index (χ0v) is 11.9. The highest BCUT2D eigenvalue weighted by molar-refractivity contribution is 5.44. The van der Waals surface area contributed by atoms with Gasteiger partial charge >= 0.3 is 0 Å². The molecule has 0 amide bonds. The van der Waals surface area contributed by atoms with Crippen LogP contribution in [-0.4, -0.2) is 50.4 Å². The molecule has 2 rings (SSSR count). The predicted octanol–water partition coefficient (Wildman–Crippen LogP) is 1.55. The van der Waals surface area contributed by atoms with Gasteiger partial charge in [-0.25, -0.2) is 0 Å². The molecule has 1 aliphatic carbocycles.